The van der Waals surface area contributed by atoms with Crippen molar-refractivity contribution in [1.82, 2.24) is 16.0 Å². The number of rotatable bonds is 5. The molecule has 1 saturated heterocycles. The molecule has 2 heterocycles. The highest BCUT2D eigenvalue weighted by molar-refractivity contribution is 7.12. The first-order valence-electron chi connectivity index (χ1n) is 8.81. The highest BCUT2D eigenvalue weighted by Crippen LogP contribution is 2.34. The Kier molecular flexibility index (Phi) is 5.46. The van der Waals surface area contributed by atoms with Gasteiger partial charge in [0.05, 0.1) is 17.0 Å². The lowest BCUT2D eigenvalue weighted by atomic mass is 9.77. The molecule has 1 aromatic heterocycles. The van der Waals surface area contributed by atoms with Gasteiger partial charge in [0.2, 0.25) is 5.91 Å². The molecule has 2 fully saturated rings. The van der Waals surface area contributed by atoms with Crippen LogP contribution < -0.4 is 16.0 Å². The zero-order chi connectivity index (χ0) is 18.0. The molecular weight excluding hydrogens is 338 g/mol. The molecule has 1 aliphatic heterocycles. The van der Waals surface area contributed by atoms with Crippen LogP contribution in [0.15, 0.2) is 17.5 Å². The molecule has 2 aliphatic rings. The Labute approximate surface area is 152 Å². The summed E-state index contributed by atoms with van der Waals surface area (Å²) in [5.74, 6) is 0.821. The van der Waals surface area contributed by atoms with E-state index in [0.717, 1.165) is 25.9 Å². The first kappa shape index (κ1) is 18.4. The third-order valence-electron chi connectivity index (χ3n) is 5.38. The van der Waals surface area contributed by atoms with Crippen LogP contribution in [0.2, 0.25) is 0 Å². The zero-order valence-corrected chi connectivity index (χ0v) is 15.8. The Bertz CT molecular complexity index is 617. The standard InChI is InChI=1S/C18H27N3O3S/c1-18(2,21-16(22)15-5-4-6-25-15)17(23)20-13-7-11-9-19-10-12(11)8-14(13)24-3/h4-6,11-14,19H,7-10H2,1-3H3,(H,20,23)(H,21,22)/t11-,12+,13-,14-/m0/s1. The van der Waals surface area contributed by atoms with Gasteiger partial charge in [0, 0.05) is 7.11 Å². The number of hydrogen-bond acceptors (Lipinski definition) is 5. The number of fused-ring (bicyclic) bond motifs is 1. The monoisotopic (exact) mass is 365 g/mol. The van der Waals surface area contributed by atoms with E-state index in [4.69, 9.17) is 4.74 Å². The molecule has 3 rings (SSSR count). The van der Waals surface area contributed by atoms with Crippen LogP contribution >= 0.6 is 11.3 Å². The van der Waals surface area contributed by atoms with Crippen molar-refractivity contribution in [2.45, 2.75) is 44.4 Å². The number of carbonyl (C=O) groups is 2. The summed E-state index contributed by atoms with van der Waals surface area (Å²) in [6.07, 6.45) is 1.90. The van der Waals surface area contributed by atoms with Crippen LogP contribution in [-0.2, 0) is 9.53 Å². The van der Waals surface area contributed by atoms with Crippen LogP contribution in [0.3, 0.4) is 0 Å². The van der Waals surface area contributed by atoms with Crippen molar-refractivity contribution in [3.8, 4) is 0 Å². The zero-order valence-electron chi connectivity index (χ0n) is 15.0. The van der Waals surface area contributed by atoms with E-state index in [1.54, 1.807) is 27.0 Å². The van der Waals surface area contributed by atoms with Crippen molar-refractivity contribution in [3.05, 3.63) is 22.4 Å². The van der Waals surface area contributed by atoms with Crippen molar-refractivity contribution in [2.75, 3.05) is 20.2 Å². The summed E-state index contributed by atoms with van der Waals surface area (Å²) >= 11 is 1.36. The third kappa shape index (κ3) is 4.04. The SMILES string of the molecule is CO[C@H]1C[C@@H]2CNC[C@@H]2C[C@@H]1NC(=O)C(C)(C)NC(=O)c1cccs1. The molecule has 0 bridgehead atoms. The van der Waals surface area contributed by atoms with E-state index in [1.165, 1.54) is 11.3 Å². The van der Waals surface area contributed by atoms with Crippen LogP contribution in [0.25, 0.3) is 0 Å². The minimum atomic E-state index is -0.982. The van der Waals surface area contributed by atoms with Gasteiger partial charge in [-0.25, -0.2) is 0 Å². The fourth-order valence-corrected chi connectivity index (χ4v) is 4.47. The maximum atomic E-state index is 12.8. The van der Waals surface area contributed by atoms with Gasteiger partial charge in [-0.15, -0.1) is 11.3 Å². The van der Waals surface area contributed by atoms with Crippen molar-refractivity contribution in [2.24, 2.45) is 11.8 Å². The Balaban J connectivity index is 1.62. The number of amides is 2. The molecule has 1 saturated carbocycles. The van der Waals surface area contributed by atoms with Gasteiger partial charge in [0.15, 0.2) is 0 Å². The van der Waals surface area contributed by atoms with E-state index in [9.17, 15) is 9.59 Å². The Morgan fingerprint density at radius 1 is 1.28 bits per heavy atom. The normalized spacial score (nSPS) is 29.1. The Hall–Kier alpha value is -1.44. The lowest BCUT2D eigenvalue weighted by Gasteiger charge is -2.39. The Morgan fingerprint density at radius 2 is 2.00 bits per heavy atom. The second-order valence-electron chi connectivity index (χ2n) is 7.56. The molecule has 0 unspecified atom stereocenters. The summed E-state index contributed by atoms with van der Waals surface area (Å²) in [4.78, 5) is 25.7. The summed E-state index contributed by atoms with van der Waals surface area (Å²) < 4.78 is 5.64. The number of carbonyl (C=O) groups excluding carboxylic acids is 2. The van der Waals surface area contributed by atoms with E-state index in [0.29, 0.717) is 16.7 Å². The van der Waals surface area contributed by atoms with Gasteiger partial charge in [-0.1, -0.05) is 6.07 Å². The van der Waals surface area contributed by atoms with E-state index in [1.807, 2.05) is 11.4 Å². The van der Waals surface area contributed by atoms with Gasteiger partial charge >= 0.3 is 0 Å². The molecule has 138 valence electrons. The first-order chi connectivity index (χ1) is 11.9. The molecule has 0 aromatic carbocycles. The summed E-state index contributed by atoms with van der Waals surface area (Å²) in [6, 6.07) is 3.56. The van der Waals surface area contributed by atoms with E-state index >= 15 is 0 Å². The second kappa shape index (κ2) is 7.43. The van der Waals surface area contributed by atoms with Crippen LogP contribution in [0.1, 0.15) is 36.4 Å². The minimum Gasteiger partial charge on any atom is -0.379 e. The highest BCUT2D eigenvalue weighted by atomic mass is 32.1. The predicted octanol–water partition coefficient (Wildman–Crippen LogP) is 1.39. The average Bonchev–Trinajstić information content (AvgIpc) is 3.24. The smallest absolute Gasteiger partial charge is 0.262 e. The van der Waals surface area contributed by atoms with Crippen molar-refractivity contribution < 1.29 is 14.3 Å². The molecule has 7 heteroatoms. The number of hydrogen-bond donors (Lipinski definition) is 3. The van der Waals surface area contributed by atoms with Crippen LogP contribution in [0.4, 0.5) is 0 Å². The molecule has 1 aliphatic carbocycles. The topological polar surface area (TPSA) is 79.5 Å². The van der Waals surface area contributed by atoms with Crippen LogP contribution in [0, 0.1) is 11.8 Å². The third-order valence-corrected chi connectivity index (χ3v) is 6.25. The van der Waals surface area contributed by atoms with Gasteiger partial charge in [0.1, 0.15) is 5.54 Å². The fraction of sp³-hybridized carbons (Fsp3) is 0.667. The lowest BCUT2D eigenvalue weighted by molar-refractivity contribution is -0.128. The molecule has 3 N–H and O–H groups in total. The van der Waals surface area contributed by atoms with Crippen LogP contribution in [-0.4, -0.2) is 49.7 Å². The summed E-state index contributed by atoms with van der Waals surface area (Å²) in [6.45, 7) is 5.51. The summed E-state index contributed by atoms with van der Waals surface area (Å²) in [5.41, 5.74) is -0.982. The maximum Gasteiger partial charge on any atom is 0.262 e. The Morgan fingerprint density at radius 3 is 2.64 bits per heavy atom. The summed E-state index contributed by atoms with van der Waals surface area (Å²) in [5, 5.41) is 11.2. The number of methoxy groups -OCH3 is 1. The quantitative estimate of drug-likeness (QED) is 0.737. The predicted molar refractivity (Wildman–Crippen MR) is 97.7 cm³/mol. The number of ether oxygens (including phenoxy) is 1. The number of thiophene rings is 1. The average molecular weight is 365 g/mol. The van der Waals surface area contributed by atoms with Crippen LogP contribution in [0.5, 0.6) is 0 Å². The van der Waals surface area contributed by atoms with Gasteiger partial charge in [-0.3, -0.25) is 9.59 Å². The largest absolute Gasteiger partial charge is 0.379 e. The molecule has 4 atom stereocenters. The van der Waals surface area contributed by atoms with E-state index < -0.39 is 5.54 Å². The molecule has 0 spiro atoms. The highest BCUT2D eigenvalue weighted by Gasteiger charge is 2.42. The number of nitrogens with one attached hydrogen (secondary N) is 3. The second-order valence-corrected chi connectivity index (χ2v) is 8.51. The molecule has 0 radical (unpaired) electrons. The maximum absolute atomic E-state index is 12.8. The van der Waals surface area contributed by atoms with Gasteiger partial charge in [0.25, 0.3) is 5.91 Å². The first-order valence-corrected chi connectivity index (χ1v) is 9.69. The fourth-order valence-electron chi connectivity index (χ4n) is 3.85. The molecular formula is C18H27N3O3S. The van der Waals surface area contributed by atoms with Gasteiger partial charge in [-0.05, 0) is 63.1 Å². The molecule has 25 heavy (non-hydrogen) atoms. The molecule has 2 amide bonds. The molecule has 1 aromatic rings. The van der Waals surface area contributed by atoms with Crippen molar-refractivity contribution in [1.29, 1.82) is 0 Å². The lowest BCUT2D eigenvalue weighted by Crippen LogP contribution is -2.59. The van der Waals surface area contributed by atoms with Crippen molar-refractivity contribution in [3.63, 3.8) is 0 Å². The van der Waals surface area contributed by atoms with Crippen molar-refractivity contribution >= 4 is 23.2 Å². The minimum absolute atomic E-state index is 0.0171. The van der Waals surface area contributed by atoms with Gasteiger partial charge < -0.3 is 20.7 Å². The molecule has 6 nitrogen and oxygen atoms in total. The van der Waals surface area contributed by atoms with E-state index in [2.05, 4.69) is 16.0 Å². The van der Waals surface area contributed by atoms with E-state index in [-0.39, 0.29) is 24.0 Å². The van der Waals surface area contributed by atoms with Gasteiger partial charge in [-0.2, -0.15) is 0 Å². The summed E-state index contributed by atoms with van der Waals surface area (Å²) in [7, 11) is 1.70.